The van der Waals surface area contributed by atoms with Crippen LogP contribution < -0.4 is 15.5 Å². The number of nitrogens with zero attached hydrogens (tertiary/aromatic N) is 2. The number of carbonyl (C=O) groups is 1. The van der Waals surface area contributed by atoms with Gasteiger partial charge in [-0.25, -0.2) is 4.31 Å². The van der Waals surface area contributed by atoms with Crippen molar-refractivity contribution in [2.45, 2.75) is 0 Å². The van der Waals surface area contributed by atoms with E-state index in [1.54, 1.807) is 13.1 Å². The molecular formula is C10H16N4O3S2. The molecule has 2 rings (SSSR count). The first kappa shape index (κ1) is 14.4. The van der Waals surface area contributed by atoms with E-state index in [2.05, 4.69) is 5.32 Å². The highest BCUT2D eigenvalue weighted by atomic mass is 32.2. The standard InChI is InChI=1S/C10H16N4O3S2/c1-12-10-7(9(11)15)6-8(18-10)14(16)19-13-2-4-17-5-3-13/h6,12,16H,2-5H2,1H3,(H2,11,15). The smallest absolute Gasteiger partial charge is 0.251 e. The molecule has 2 heterocycles. The third-order valence-corrected chi connectivity index (χ3v) is 4.75. The Balaban J connectivity index is 2.05. The van der Waals surface area contributed by atoms with Crippen LogP contribution in [0.3, 0.4) is 0 Å². The van der Waals surface area contributed by atoms with Crippen LogP contribution in [0.25, 0.3) is 0 Å². The number of anilines is 2. The van der Waals surface area contributed by atoms with Gasteiger partial charge in [-0.1, -0.05) is 11.3 Å². The molecule has 1 fully saturated rings. The third-order valence-electron chi connectivity index (χ3n) is 2.56. The van der Waals surface area contributed by atoms with E-state index in [0.29, 0.717) is 28.8 Å². The van der Waals surface area contributed by atoms with Gasteiger partial charge in [0.25, 0.3) is 5.91 Å². The van der Waals surface area contributed by atoms with Crippen LogP contribution in [-0.4, -0.2) is 48.8 Å². The van der Waals surface area contributed by atoms with Gasteiger partial charge in [-0.3, -0.25) is 10.0 Å². The first-order chi connectivity index (χ1) is 9.11. The highest BCUT2D eigenvalue weighted by Gasteiger charge is 2.20. The maximum Gasteiger partial charge on any atom is 0.251 e. The summed E-state index contributed by atoms with van der Waals surface area (Å²) in [6, 6.07) is 1.58. The van der Waals surface area contributed by atoms with Crippen molar-refractivity contribution in [1.82, 2.24) is 4.31 Å². The van der Waals surface area contributed by atoms with E-state index in [0.717, 1.165) is 17.6 Å². The van der Waals surface area contributed by atoms with Crippen molar-refractivity contribution in [1.29, 1.82) is 0 Å². The Bertz CT molecular complexity index is 448. The van der Waals surface area contributed by atoms with Gasteiger partial charge in [-0.05, 0) is 6.07 Å². The second-order valence-corrected chi connectivity index (χ2v) is 5.89. The minimum absolute atomic E-state index is 0.379. The first-order valence-electron chi connectivity index (χ1n) is 5.73. The van der Waals surface area contributed by atoms with Crippen LogP contribution in [0.1, 0.15) is 10.4 Å². The molecule has 0 unspecified atom stereocenters. The van der Waals surface area contributed by atoms with Crippen LogP contribution in [0.4, 0.5) is 10.0 Å². The average Bonchev–Trinajstić information content (AvgIpc) is 2.84. The molecule has 1 aliphatic heterocycles. The molecule has 7 nitrogen and oxygen atoms in total. The maximum atomic E-state index is 11.3. The average molecular weight is 304 g/mol. The Hall–Kier alpha value is -1.00. The number of hydrogen-bond donors (Lipinski definition) is 3. The van der Waals surface area contributed by atoms with Crippen molar-refractivity contribution >= 4 is 39.4 Å². The van der Waals surface area contributed by atoms with E-state index >= 15 is 0 Å². The Morgan fingerprint density at radius 3 is 2.84 bits per heavy atom. The van der Waals surface area contributed by atoms with E-state index in [1.807, 2.05) is 4.31 Å². The summed E-state index contributed by atoms with van der Waals surface area (Å²) in [5, 5.41) is 14.1. The summed E-state index contributed by atoms with van der Waals surface area (Å²) in [6.07, 6.45) is 0. The Labute approximate surface area is 119 Å². The van der Waals surface area contributed by atoms with Crippen molar-refractivity contribution in [2.24, 2.45) is 5.73 Å². The lowest BCUT2D eigenvalue weighted by atomic mass is 10.3. The molecule has 0 saturated carbocycles. The maximum absolute atomic E-state index is 11.3. The first-order valence-corrected chi connectivity index (χ1v) is 7.27. The molecule has 19 heavy (non-hydrogen) atoms. The lowest BCUT2D eigenvalue weighted by Gasteiger charge is -2.27. The zero-order chi connectivity index (χ0) is 13.8. The van der Waals surface area contributed by atoms with Gasteiger partial charge >= 0.3 is 0 Å². The van der Waals surface area contributed by atoms with Crippen molar-refractivity contribution in [3.05, 3.63) is 11.6 Å². The number of carbonyl (C=O) groups excluding carboxylic acids is 1. The number of primary amides is 1. The molecule has 0 radical (unpaired) electrons. The number of nitrogens with two attached hydrogens (primary N) is 1. The fraction of sp³-hybridized carbons (Fsp3) is 0.500. The summed E-state index contributed by atoms with van der Waals surface area (Å²) in [7, 11) is 1.71. The van der Waals surface area contributed by atoms with Crippen LogP contribution in [0.2, 0.25) is 0 Å². The van der Waals surface area contributed by atoms with Crippen molar-refractivity contribution in [3.8, 4) is 0 Å². The van der Waals surface area contributed by atoms with Crippen LogP contribution in [-0.2, 0) is 4.74 Å². The molecule has 0 bridgehead atoms. The molecule has 1 aliphatic rings. The molecule has 0 aromatic carbocycles. The van der Waals surface area contributed by atoms with Crippen LogP contribution in [0.5, 0.6) is 0 Å². The molecule has 1 saturated heterocycles. The van der Waals surface area contributed by atoms with Gasteiger partial charge in [0.05, 0.1) is 30.9 Å². The number of thiophene rings is 1. The second-order valence-electron chi connectivity index (χ2n) is 3.84. The van der Waals surface area contributed by atoms with Crippen molar-refractivity contribution in [3.63, 3.8) is 0 Å². The summed E-state index contributed by atoms with van der Waals surface area (Å²) < 4.78 is 8.27. The lowest BCUT2D eigenvalue weighted by molar-refractivity contribution is 0.0765. The highest BCUT2D eigenvalue weighted by molar-refractivity contribution is 7.98. The summed E-state index contributed by atoms with van der Waals surface area (Å²) in [5.74, 6) is -0.517. The zero-order valence-corrected chi connectivity index (χ0v) is 12.1. The molecule has 106 valence electrons. The topological polar surface area (TPSA) is 91.1 Å². The second kappa shape index (κ2) is 6.44. The normalized spacial score (nSPS) is 16.3. The van der Waals surface area contributed by atoms with Gasteiger partial charge in [-0.15, -0.1) is 0 Å². The SMILES string of the molecule is CNc1sc(N(O)SN2CCOCC2)cc1C(N)=O. The fourth-order valence-corrected chi connectivity index (χ4v) is 3.33. The molecule has 9 heteroatoms. The van der Waals surface area contributed by atoms with Gasteiger partial charge in [0.15, 0.2) is 0 Å². The summed E-state index contributed by atoms with van der Waals surface area (Å²) in [6.45, 7) is 2.79. The van der Waals surface area contributed by atoms with E-state index in [9.17, 15) is 10.0 Å². The predicted molar refractivity (Wildman–Crippen MR) is 76.6 cm³/mol. The van der Waals surface area contributed by atoms with Crippen molar-refractivity contribution < 1.29 is 14.7 Å². The molecular weight excluding hydrogens is 288 g/mol. The summed E-state index contributed by atoms with van der Waals surface area (Å²) >= 11 is 2.46. The zero-order valence-electron chi connectivity index (χ0n) is 10.5. The molecule has 0 atom stereocenters. The number of ether oxygens (including phenoxy) is 1. The molecule has 0 aliphatic carbocycles. The number of hydrogen-bond acceptors (Lipinski definition) is 8. The van der Waals surface area contributed by atoms with E-state index in [-0.39, 0.29) is 0 Å². The highest BCUT2D eigenvalue weighted by Crippen LogP contribution is 2.36. The molecule has 0 spiro atoms. The minimum atomic E-state index is -0.517. The monoisotopic (exact) mass is 304 g/mol. The minimum Gasteiger partial charge on any atom is -0.379 e. The predicted octanol–water partition coefficient (Wildman–Crippen LogP) is 0.980. The van der Waals surface area contributed by atoms with Crippen LogP contribution in [0.15, 0.2) is 6.07 Å². The molecule has 1 amide bonds. The number of rotatable bonds is 5. The van der Waals surface area contributed by atoms with Gasteiger partial charge in [0.2, 0.25) is 0 Å². The fourth-order valence-electron chi connectivity index (χ4n) is 1.62. The van der Waals surface area contributed by atoms with Gasteiger partial charge < -0.3 is 15.8 Å². The van der Waals surface area contributed by atoms with Crippen LogP contribution in [0, 0.1) is 0 Å². The lowest BCUT2D eigenvalue weighted by Crippen LogP contribution is -2.33. The van der Waals surface area contributed by atoms with Gasteiger partial charge in [0, 0.05) is 20.1 Å². The van der Waals surface area contributed by atoms with Gasteiger partial charge in [-0.2, -0.15) is 4.47 Å². The van der Waals surface area contributed by atoms with Crippen molar-refractivity contribution in [2.75, 3.05) is 43.1 Å². The van der Waals surface area contributed by atoms with Gasteiger partial charge in [0.1, 0.15) is 10.0 Å². The third kappa shape index (κ3) is 3.51. The van der Waals surface area contributed by atoms with E-state index in [1.165, 1.54) is 23.5 Å². The number of morpholine rings is 1. The van der Waals surface area contributed by atoms with E-state index in [4.69, 9.17) is 10.5 Å². The van der Waals surface area contributed by atoms with E-state index < -0.39 is 5.91 Å². The summed E-state index contributed by atoms with van der Waals surface area (Å²) in [4.78, 5) is 11.3. The number of amides is 1. The molecule has 1 aromatic heterocycles. The number of nitrogens with one attached hydrogen (secondary N) is 1. The Kier molecular flexibility index (Phi) is 4.88. The molecule has 1 aromatic rings. The largest absolute Gasteiger partial charge is 0.379 e. The van der Waals surface area contributed by atoms with Crippen LogP contribution >= 0.6 is 23.5 Å². The quantitative estimate of drug-likeness (QED) is 0.552. The Morgan fingerprint density at radius 2 is 2.32 bits per heavy atom. The Morgan fingerprint density at radius 1 is 1.63 bits per heavy atom. The summed E-state index contributed by atoms with van der Waals surface area (Å²) in [5.41, 5.74) is 5.66. The molecule has 4 N–H and O–H groups in total.